The molecule has 82 valence electrons. The van der Waals surface area contributed by atoms with Crippen molar-refractivity contribution < 1.29 is 9.47 Å². The van der Waals surface area contributed by atoms with E-state index in [4.69, 9.17) is 9.47 Å². The molecule has 0 aromatic rings. The van der Waals surface area contributed by atoms with Crippen LogP contribution in [-0.4, -0.2) is 30.8 Å². The SMILES string of the molecule is BrCC1(OCCC2CC2)CCOCC1. The van der Waals surface area contributed by atoms with E-state index >= 15 is 0 Å². The molecule has 2 rings (SSSR count). The molecule has 1 aliphatic carbocycles. The van der Waals surface area contributed by atoms with Crippen LogP contribution >= 0.6 is 15.9 Å². The Hall–Kier alpha value is 0.400. The summed E-state index contributed by atoms with van der Waals surface area (Å²) in [5, 5.41) is 0.952. The molecule has 3 heteroatoms. The maximum Gasteiger partial charge on any atom is 0.0822 e. The third-order valence-electron chi connectivity index (χ3n) is 3.28. The van der Waals surface area contributed by atoms with Crippen LogP contribution in [0.5, 0.6) is 0 Å². The van der Waals surface area contributed by atoms with Crippen molar-refractivity contribution in [1.29, 1.82) is 0 Å². The first-order valence-corrected chi connectivity index (χ1v) is 6.74. The summed E-state index contributed by atoms with van der Waals surface area (Å²) in [6.45, 7) is 2.65. The molecule has 0 radical (unpaired) electrons. The molecular weight excluding hydrogens is 244 g/mol. The molecule has 1 saturated heterocycles. The highest BCUT2D eigenvalue weighted by molar-refractivity contribution is 9.09. The van der Waals surface area contributed by atoms with E-state index in [0.29, 0.717) is 0 Å². The lowest BCUT2D eigenvalue weighted by Gasteiger charge is -2.35. The number of rotatable bonds is 5. The molecule has 1 aliphatic heterocycles. The van der Waals surface area contributed by atoms with E-state index in [1.165, 1.54) is 19.3 Å². The highest BCUT2D eigenvalue weighted by atomic mass is 79.9. The van der Waals surface area contributed by atoms with E-state index in [9.17, 15) is 0 Å². The van der Waals surface area contributed by atoms with Crippen molar-refractivity contribution in [2.75, 3.05) is 25.2 Å². The summed E-state index contributed by atoms with van der Waals surface area (Å²) in [7, 11) is 0. The zero-order valence-corrected chi connectivity index (χ0v) is 10.2. The van der Waals surface area contributed by atoms with Crippen LogP contribution in [-0.2, 0) is 9.47 Å². The molecule has 0 atom stereocenters. The molecule has 1 saturated carbocycles. The van der Waals surface area contributed by atoms with Crippen molar-refractivity contribution in [3.8, 4) is 0 Å². The van der Waals surface area contributed by atoms with E-state index in [-0.39, 0.29) is 5.60 Å². The normalized spacial score (nSPS) is 26.4. The Balaban J connectivity index is 1.71. The van der Waals surface area contributed by atoms with E-state index in [2.05, 4.69) is 15.9 Å². The van der Waals surface area contributed by atoms with Gasteiger partial charge in [-0.25, -0.2) is 0 Å². The molecule has 0 aromatic carbocycles. The van der Waals surface area contributed by atoms with Crippen LogP contribution in [0.3, 0.4) is 0 Å². The van der Waals surface area contributed by atoms with Gasteiger partial charge in [0.1, 0.15) is 0 Å². The topological polar surface area (TPSA) is 18.5 Å². The Kier molecular flexibility index (Phi) is 3.86. The lowest BCUT2D eigenvalue weighted by atomic mass is 9.96. The second-order valence-electron chi connectivity index (χ2n) is 4.51. The maximum absolute atomic E-state index is 6.04. The van der Waals surface area contributed by atoms with Crippen molar-refractivity contribution in [3.05, 3.63) is 0 Å². The van der Waals surface area contributed by atoms with Crippen LogP contribution in [0.1, 0.15) is 32.1 Å². The van der Waals surface area contributed by atoms with Gasteiger partial charge in [0, 0.05) is 38.0 Å². The van der Waals surface area contributed by atoms with Crippen LogP contribution in [0.25, 0.3) is 0 Å². The predicted molar refractivity (Wildman–Crippen MR) is 59.9 cm³/mol. The average Bonchev–Trinajstić information content (AvgIpc) is 3.03. The molecule has 2 aliphatic rings. The zero-order valence-electron chi connectivity index (χ0n) is 8.64. The standard InChI is InChI=1S/C11H19BrO2/c12-9-11(4-7-13-8-5-11)14-6-3-10-1-2-10/h10H,1-9H2. The summed E-state index contributed by atoms with van der Waals surface area (Å²) in [4.78, 5) is 0. The van der Waals surface area contributed by atoms with Crippen LogP contribution in [0, 0.1) is 5.92 Å². The van der Waals surface area contributed by atoms with Crippen LogP contribution in [0.15, 0.2) is 0 Å². The third-order valence-corrected chi connectivity index (χ3v) is 4.30. The van der Waals surface area contributed by atoms with Crippen molar-refractivity contribution >= 4 is 15.9 Å². The average molecular weight is 263 g/mol. The molecule has 2 fully saturated rings. The van der Waals surface area contributed by atoms with Gasteiger partial charge in [-0.15, -0.1) is 0 Å². The summed E-state index contributed by atoms with van der Waals surface area (Å²) in [6, 6.07) is 0. The van der Waals surface area contributed by atoms with Crippen LogP contribution in [0.4, 0.5) is 0 Å². The summed E-state index contributed by atoms with van der Waals surface area (Å²) in [5.74, 6) is 0.974. The van der Waals surface area contributed by atoms with Crippen molar-refractivity contribution in [2.45, 2.75) is 37.7 Å². The molecule has 0 bridgehead atoms. The Morgan fingerprint density at radius 1 is 1.29 bits per heavy atom. The van der Waals surface area contributed by atoms with Gasteiger partial charge in [-0.3, -0.25) is 0 Å². The predicted octanol–water partition coefficient (Wildman–Crippen LogP) is 2.75. The summed E-state index contributed by atoms with van der Waals surface area (Å²) in [5.41, 5.74) is 0.0765. The molecule has 1 heterocycles. The highest BCUT2D eigenvalue weighted by Crippen LogP contribution is 2.34. The zero-order chi connectivity index (χ0) is 9.86. The second kappa shape index (κ2) is 4.95. The van der Waals surface area contributed by atoms with Crippen molar-refractivity contribution in [3.63, 3.8) is 0 Å². The number of hydrogen-bond donors (Lipinski definition) is 0. The van der Waals surface area contributed by atoms with Gasteiger partial charge in [0.15, 0.2) is 0 Å². The van der Waals surface area contributed by atoms with E-state index in [1.54, 1.807) is 0 Å². The van der Waals surface area contributed by atoms with E-state index < -0.39 is 0 Å². The van der Waals surface area contributed by atoms with E-state index in [0.717, 1.165) is 43.9 Å². The fourth-order valence-electron chi connectivity index (χ4n) is 1.91. The maximum atomic E-state index is 6.04. The minimum atomic E-state index is 0.0765. The number of ether oxygens (including phenoxy) is 2. The van der Waals surface area contributed by atoms with Crippen LogP contribution < -0.4 is 0 Å². The second-order valence-corrected chi connectivity index (χ2v) is 5.07. The molecule has 14 heavy (non-hydrogen) atoms. The van der Waals surface area contributed by atoms with E-state index in [1.807, 2.05) is 0 Å². The highest BCUT2D eigenvalue weighted by Gasteiger charge is 2.33. The van der Waals surface area contributed by atoms with Gasteiger partial charge in [-0.2, -0.15) is 0 Å². The van der Waals surface area contributed by atoms with Gasteiger partial charge < -0.3 is 9.47 Å². The summed E-state index contributed by atoms with van der Waals surface area (Å²) in [6.07, 6.45) is 6.20. The number of halogens is 1. The minimum absolute atomic E-state index is 0.0765. The largest absolute Gasteiger partial charge is 0.381 e. The molecule has 0 amide bonds. The Morgan fingerprint density at radius 2 is 2.00 bits per heavy atom. The monoisotopic (exact) mass is 262 g/mol. The number of alkyl halides is 1. The Bertz CT molecular complexity index is 174. The first-order chi connectivity index (χ1) is 6.85. The van der Waals surface area contributed by atoms with Crippen molar-refractivity contribution in [2.24, 2.45) is 5.92 Å². The van der Waals surface area contributed by atoms with Gasteiger partial charge in [0.05, 0.1) is 5.60 Å². The van der Waals surface area contributed by atoms with Crippen LogP contribution in [0.2, 0.25) is 0 Å². The molecule has 0 spiro atoms. The van der Waals surface area contributed by atoms with Gasteiger partial charge in [-0.1, -0.05) is 28.8 Å². The van der Waals surface area contributed by atoms with Crippen molar-refractivity contribution in [1.82, 2.24) is 0 Å². The molecule has 0 aromatic heterocycles. The van der Waals surface area contributed by atoms with Gasteiger partial charge in [0.25, 0.3) is 0 Å². The fourth-order valence-corrected chi connectivity index (χ4v) is 2.63. The van der Waals surface area contributed by atoms with Gasteiger partial charge >= 0.3 is 0 Å². The number of hydrogen-bond acceptors (Lipinski definition) is 2. The molecule has 0 N–H and O–H groups in total. The smallest absolute Gasteiger partial charge is 0.0822 e. The fraction of sp³-hybridized carbons (Fsp3) is 1.00. The quantitative estimate of drug-likeness (QED) is 0.710. The van der Waals surface area contributed by atoms with Gasteiger partial charge in [-0.05, 0) is 12.3 Å². The molecular formula is C11H19BrO2. The first-order valence-electron chi connectivity index (χ1n) is 5.62. The summed E-state index contributed by atoms with van der Waals surface area (Å²) >= 11 is 3.57. The lowest BCUT2D eigenvalue weighted by molar-refractivity contribution is -0.0964. The molecule has 2 nitrogen and oxygen atoms in total. The lowest BCUT2D eigenvalue weighted by Crippen LogP contribution is -2.41. The first kappa shape index (κ1) is 10.9. The molecule has 0 unspecified atom stereocenters. The van der Waals surface area contributed by atoms with Gasteiger partial charge in [0.2, 0.25) is 0 Å². The third kappa shape index (κ3) is 2.94. The summed E-state index contributed by atoms with van der Waals surface area (Å²) < 4.78 is 11.4. The minimum Gasteiger partial charge on any atom is -0.381 e. The Labute approximate surface area is 94.5 Å². The Morgan fingerprint density at radius 3 is 2.57 bits per heavy atom.